The van der Waals surface area contributed by atoms with Gasteiger partial charge in [0, 0.05) is 6.54 Å². The molecule has 3 atom stereocenters. The van der Waals surface area contributed by atoms with E-state index in [9.17, 15) is 0 Å². The summed E-state index contributed by atoms with van der Waals surface area (Å²) in [4.78, 5) is 0. The number of aryl methyl sites for hydroxylation is 1. The zero-order valence-electron chi connectivity index (χ0n) is 15.6. The molecule has 3 rings (SSSR count). The molecule has 0 aliphatic heterocycles. The first-order valence-corrected chi connectivity index (χ1v) is 9.68. The lowest BCUT2D eigenvalue weighted by Crippen LogP contribution is -2.33. The Hall–Kier alpha value is -1.80. The molecule has 25 heavy (non-hydrogen) atoms. The average Bonchev–Trinajstić information content (AvgIpc) is 2.63. The van der Waals surface area contributed by atoms with Gasteiger partial charge >= 0.3 is 0 Å². The Bertz CT molecular complexity index is 640. The highest BCUT2D eigenvalue weighted by molar-refractivity contribution is 5.27. The van der Waals surface area contributed by atoms with Crippen LogP contribution >= 0.6 is 0 Å². The topological polar surface area (TPSA) is 21.3 Å². The largest absolute Gasteiger partial charge is 0.490 e. The summed E-state index contributed by atoms with van der Waals surface area (Å²) >= 11 is 0. The van der Waals surface area contributed by atoms with E-state index < -0.39 is 0 Å². The van der Waals surface area contributed by atoms with Crippen LogP contribution in [0.2, 0.25) is 0 Å². The molecule has 0 heterocycles. The van der Waals surface area contributed by atoms with Crippen molar-refractivity contribution in [1.29, 1.82) is 0 Å². The zero-order valence-corrected chi connectivity index (χ0v) is 15.6. The molecule has 1 aliphatic carbocycles. The molecular weight excluding hydrogens is 306 g/mol. The normalized spacial score (nSPS) is 21.7. The van der Waals surface area contributed by atoms with E-state index in [0.29, 0.717) is 12.0 Å². The van der Waals surface area contributed by atoms with Gasteiger partial charge in [0.15, 0.2) is 0 Å². The summed E-state index contributed by atoms with van der Waals surface area (Å²) in [5.74, 6) is 2.47. The Labute approximate surface area is 152 Å². The molecule has 2 heteroatoms. The molecule has 0 spiro atoms. The van der Waals surface area contributed by atoms with E-state index in [1.54, 1.807) is 0 Å². The van der Waals surface area contributed by atoms with E-state index in [2.05, 4.69) is 73.8 Å². The van der Waals surface area contributed by atoms with Crippen molar-refractivity contribution in [1.82, 2.24) is 5.32 Å². The molecule has 0 radical (unpaired) electrons. The second-order valence-electron chi connectivity index (χ2n) is 7.58. The van der Waals surface area contributed by atoms with Gasteiger partial charge in [0.1, 0.15) is 5.75 Å². The van der Waals surface area contributed by atoms with Crippen molar-refractivity contribution in [3.05, 3.63) is 65.7 Å². The van der Waals surface area contributed by atoms with Gasteiger partial charge in [-0.2, -0.15) is 0 Å². The highest BCUT2D eigenvalue weighted by Gasteiger charge is 2.27. The maximum absolute atomic E-state index is 6.27. The van der Waals surface area contributed by atoms with E-state index in [1.165, 1.54) is 36.8 Å². The molecule has 134 valence electrons. The van der Waals surface area contributed by atoms with Gasteiger partial charge in [0.2, 0.25) is 0 Å². The van der Waals surface area contributed by atoms with Crippen LogP contribution in [0.4, 0.5) is 0 Å². The Morgan fingerprint density at radius 2 is 1.92 bits per heavy atom. The lowest BCUT2D eigenvalue weighted by atomic mass is 9.79. The van der Waals surface area contributed by atoms with Crippen LogP contribution < -0.4 is 10.1 Å². The van der Waals surface area contributed by atoms with Crippen molar-refractivity contribution in [2.45, 2.75) is 52.2 Å². The van der Waals surface area contributed by atoms with Gasteiger partial charge in [-0.1, -0.05) is 49.4 Å². The standard InChI is InChI=1S/C23H31NO/c1-18-8-6-12-22(14-18)25-23-13-7-11-21(15-23)19(2)16-24-17-20-9-4-3-5-10-20/h3-6,8-10,12,14,19,21,23-24H,7,11,13,15-17H2,1-2H3/t19-,21?,23-/m1/s1. The van der Waals surface area contributed by atoms with Gasteiger partial charge < -0.3 is 10.1 Å². The number of ether oxygens (including phenoxy) is 1. The maximum Gasteiger partial charge on any atom is 0.119 e. The monoisotopic (exact) mass is 337 g/mol. The highest BCUT2D eigenvalue weighted by atomic mass is 16.5. The van der Waals surface area contributed by atoms with Crippen molar-refractivity contribution in [2.24, 2.45) is 11.8 Å². The molecule has 0 bridgehead atoms. The minimum absolute atomic E-state index is 0.372. The van der Waals surface area contributed by atoms with Crippen LogP contribution in [0.3, 0.4) is 0 Å². The first kappa shape index (κ1) is 18.0. The van der Waals surface area contributed by atoms with E-state index in [1.807, 2.05) is 0 Å². The van der Waals surface area contributed by atoms with Crippen molar-refractivity contribution >= 4 is 0 Å². The Morgan fingerprint density at radius 1 is 1.08 bits per heavy atom. The number of rotatable bonds is 7. The number of hydrogen-bond acceptors (Lipinski definition) is 2. The number of benzene rings is 2. The highest BCUT2D eigenvalue weighted by Crippen LogP contribution is 2.32. The molecule has 1 aliphatic rings. The Balaban J connectivity index is 1.45. The molecule has 0 saturated heterocycles. The summed E-state index contributed by atoms with van der Waals surface area (Å²) in [6.45, 7) is 6.55. The molecule has 1 N–H and O–H groups in total. The summed E-state index contributed by atoms with van der Waals surface area (Å²) in [6.07, 6.45) is 5.36. The van der Waals surface area contributed by atoms with Crippen LogP contribution in [0.1, 0.15) is 43.7 Å². The minimum Gasteiger partial charge on any atom is -0.490 e. The van der Waals surface area contributed by atoms with Gasteiger partial charge in [-0.3, -0.25) is 0 Å². The van der Waals surface area contributed by atoms with Crippen LogP contribution in [0, 0.1) is 18.8 Å². The van der Waals surface area contributed by atoms with Gasteiger partial charge in [-0.05, 0) is 74.2 Å². The fourth-order valence-electron chi connectivity index (χ4n) is 3.89. The maximum atomic E-state index is 6.27. The second kappa shape index (κ2) is 9.05. The minimum atomic E-state index is 0.372. The first-order valence-electron chi connectivity index (χ1n) is 9.68. The molecule has 2 aromatic carbocycles. The molecular formula is C23H31NO. The lowest BCUT2D eigenvalue weighted by Gasteiger charge is -2.33. The van der Waals surface area contributed by atoms with Crippen molar-refractivity contribution < 1.29 is 4.74 Å². The quantitative estimate of drug-likeness (QED) is 0.734. The predicted octanol–water partition coefficient (Wildman–Crippen LogP) is 5.36. The van der Waals surface area contributed by atoms with Crippen LogP contribution in [-0.2, 0) is 6.54 Å². The Kier molecular flexibility index (Phi) is 6.52. The summed E-state index contributed by atoms with van der Waals surface area (Å²) in [7, 11) is 0. The average molecular weight is 338 g/mol. The summed E-state index contributed by atoms with van der Waals surface area (Å²) in [6, 6.07) is 19.1. The SMILES string of the molecule is Cc1cccc(O[C@@H]2CCCC([C@H](C)CNCc3ccccc3)C2)c1. The Morgan fingerprint density at radius 3 is 2.72 bits per heavy atom. The van der Waals surface area contributed by atoms with Crippen molar-refractivity contribution in [2.75, 3.05) is 6.54 Å². The van der Waals surface area contributed by atoms with Gasteiger partial charge in [0.25, 0.3) is 0 Å². The van der Waals surface area contributed by atoms with Crippen molar-refractivity contribution in [3.8, 4) is 5.75 Å². The van der Waals surface area contributed by atoms with E-state index in [-0.39, 0.29) is 0 Å². The summed E-state index contributed by atoms with van der Waals surface area (Å²) in [5.41, 5.74) is 2.63. The van der Waals surface area contributed by atoms with Gasteiger partial charge in [-0.25, -0.2) is 0 Å². The molecule has 1 unspecified atom stereocenters. The molecule has 0 amide bonds. The molecule has 0 aromatic heterocycles. The van der Waals surface area contributed by atoms with Gasteiger partial charge in [-0.15, -0.1) is 0 Å². The zero-order chi connectivity index (χ0) is 17.5. The fourth-order valence-corrected chi connectivity index (χ4v) is 3.89. The smallest absolute Gasteiger partial charge is 0.119 e. The summed E-state index contributed by atoms with van der Waals surface area (Å²) in [5, 5.41) is 3.63. The van der Waals surface area contributed by atoms with Crippen LogP contribution in [0.15, 0.2) is 54.6 Å². The fraction of sp³-hybridized carbons (Fsp3) is 0.478. The molecule has 1 fully saturated rings. The third-order valence-electron chi connectivity index (χ3n) is 5.40. The first-order chi connectivity index (χ1) is 12.2. The van der Waals surface area contributed by atoms with Crippen LogP contribution in [0.5, 0.6) is 5.75 Å². The van der Waals surface area contributed by atoms with E-state index in [4.69, 9.17) is 4.74 Å². The van der Waals surface area contributed by atoms with E-state index in [0.717, 1.165) is 24.8 Å². The summed E-state index contributed by atoms with van der Waals surface area (Å²) < 4.78 is 6.27. The van der Waals surface area contributed by atoms with Crippen molar-refractivity contribution in [3.63, 3.8) is 0 Å². The van der Waals surface area contributed by atoms with Crippen LogP contribution in [-0.4, -0.2) is 12.6 Å². The predicted molar refractivity (Wildman–Crippen MR) is 105 cm³/mol. The number of hydrogen-bond donors (Lipinski definition) is 1. The molecule has 1 saturated carbocycles. The third-order valence-corrected chi connectivity index (χ3v) is 5.40. The number of nitrogens with one attached hydrogen (secondary N) is 1. The molecule has 2 nitrogen and oxygen atoms in total. The van der Waals surface area contributed by atoms with E-state index >= 15 is 0 Å². The third kappa shape index (κ3) is 5.61. The van der Waals surface area contributed by atoms with Gasteiger partial charge in [0.05, 0.1) is 6.10 Å². The molecule has 2 aromatic rings. The second-order valence-corrected chi connectivity index (χ2v) is 7.58. The van der Waals surface area contributed by atoms with Crippen LogP contribution in [0.25, 0.3) is 0 Å². The lowest BCUT2D eigenvalue weighted by molar-refractivity contribution is 0.102.